The quantitative estimate of drug-likeness (QED) is 0.638. The van der Waals surface area contributed by atoms with E-state index in [4.69, 9.17) is 11.6 Å². The van der Waals surface area contributed by atoms with Gasteiger partial charge in [0.25, 0.3) is 0 Å². The van der Waals surface area contributed by atoms with Crippen molar-refractivity contribution in [3.8, 4) is 0 Å². The van der Waals surface area contributed by atoms with Gasteiger partial charge in [-0.3, -0.25) is 0 Å². The van der Waals surface area contributed by atoms with Crippen molar-refractivity contribution in [1.82, 2.24) is 0 Å². The molecule has 0 nitrogen and oxygen atoms in total. The maximum atomic E-state index is 6.65. The van der Waals surface area contributed by atoms with Crippen LogP contribution in [-0.4, -0.2) is 0 Å². The summed E-state index contributed by atoms with van der Waals surface area (Å²) in [7, 11) is 0. The molecule has 1 heterocycles. The lowest BCUT2D eigenvalue weighted by Gasteiger charge is -2.23. The molecule has 0 aliphatic heterocycles. The molecule has 94 valence electrons. The molecule has 0 spiro atoms. The van der Waals surface area contributed by atoms with E-state index in [-0.39, 0.29) is 5.38 Å². The van der Waals surface area contributed by atoms with E-state index >= 15 is 0 Å². The molecule has 4 unspecified atom stereocenters. The zero-order chi connectivity index (χ0) is 12.0. The molecule has 1 aromatic heterocycles. The Hall–Kier alpha value is -0.0100. The predicted octanol–water partition coefficient (Wildman–Crippen LogP) is 5.47. The number of fused-ring (bicyclic) bond motifs is 2. The van der Waals surface area contributed by atoms with Gasteiger partial charge in [-0.1, -0.05) is 6.42 Å². The minimum atomic E-state index is 0.262. The van der Waals surface area contributed by atoms with Crippen LogP contribution >= 0.6 is 22.9 Å². The minimum absolute atomic E-state index is 0.262. The van der Waals surface area contributed by atoms with Gasteiger partial charge < -0.3 is 0 Å². The highest BCUT2D eigenvalue weighted by Gasteiger charge is 2.40. The van der Waals surface area contributed by atoms with Crippen LogP contribution in [0, 0.1) is 31.6 Å². The van der Waals surface area contributed by atoms with Crippen LogP contribution in [0.25, 0.3) is 0 Å². The number of halogens is 1. The van der Waals surface area contributed by atoms with Gasteiger partial charge in [-0.15, -0.1) is 22.9 Å². The molecule has 0 radical (unpaired) electrons. The van der Waals surface area contributed by atoms with Crippen LogP contribution in [-0.2, 0) is 0 Å². The summed E-state index contributed by atoms with van der Waals surface area (Å²) in [5.74, 6) is 2.96. The average Bonchev–Trinajstić information content (AvgIpc) is 2.93. The first-order valence-electron chi connectivity index (χ1n) is 6.84. The van der Waals surface area contributed by atoms with Gasteiger partial charge in [-0.2, -0.15) is 0 Å². The van der Waals surface area contributed by atoms with Gasteiger partial charge in [0.2, 0.25) is 0 Å². The summed E-state index contributed by atoms with van der Waals surface area (Å²) < 4.78 is 0. The molecule has 0 saturated heterocycles. The lowest BCUT2D eigenvalue weighted by molar-refractivity contribution is 0.312. The Balaban J connectivity index is 1.67. The van der Waals surface area contributed by atoms with Gasteiger partial charge >= 0.3 is 0 Å². The Bertz CT molecular complexity index is 409. The second kappa shape index (κ2) is 4.59. The van der Waals surface area contributed by atoms with Crippen LogP contribution in [0.3, 0.4) is 0 Å². The number of alkyl halides is 1. The standard InChI is InChI=1S/C15H21ClS/c1-9-5-10(2)17-15(9)14(16)8-13-7-11-3-4-12(13)6-11/h5,11-14H,3-4,6-8H2,1-2H3. The predicted molar refractivity (Wildman–Crippen MR) is 75.9 cm³/mol. The first kappa shape index (κ1) is 12.0. The molecular weight excluding hydrogens is 248 g/mol. The van der Waals surface area contributed by atoms with Crippen molar-refractivity contribution in [2.75, 3.05) is 0 Å². The largest absolute Gasteiger partial charge is 0.144 e. The van der Waals surface area contributed by atoms with Crippen LogP contribution in [0.2, 0.25) is 0 Å². The summed E-state index contributed by atoms with van der Waals surface area (Å²) in [4.78, 5) is 2.82. The third-order valence-electron chi connectivity index (χ3n) is 4.76. The smallest absolute Gasteiger partial charge is 0.0684 e. The third kappa shape index (κ3) is 2.29. The second-order valence-corrected chi connectivity index (χ2v) is 7.86. The van der Waals surface area contributed by atoms with E-state index in [0.717, 1.165) is 17.8 Å². The summed E-state index contributed by atoms with van der Waals surface area (Å²) in [6, 6.07) is 2.27. The van der Waals surface area contributed by atoms with Gasteiger partial charge in [-0.05, 0) is 68.9 Å². The Kier molecular flexibility index (Phi) is 3.25. The number of aryl methyl sites for hydroxylation is 2. The number of hydrogen-bond donors (Lipinski definition) is 0. The molecule has 2 aliphatic rings. The topological polar surface area (TPSA) is 0 Å². The van der Waals surface area contributed by atoms with Gasteiger partial charge in [0.05, 0.1) is 5.38 Å². The van der Waals surface area contributed by atoms with Crippen molar-refractivity contribution in [2.45, 2.75) is 51.3 Å². The Labute approximate surface area is 113 Å². The second-order valence-electron chi connectivity index (χ2n) is 6.04. The molecule has 0 N–H and O–H groups in total. The summed E-state index contributed by atoms with van der Waals surface area (Å²) in [5, 5.41) is 0.262. The monoisotopic (exact) mass is 268 g/mol. The normalized spacial score (nSPS) is 33.2. The van der Waals surface area contributed by atoms with Crippen molar-refractivity contribution in [1.29, 1.82) is 0 Å². The van der Waals surface area contributed by atoms with Gasteiger partial charge in [0.15, 0.2) is 0 Å². The fraction of sp³-hybridized carbons (Fsp3) is 0.733. The van der Waals surface area contributed by atoms with Crippen molar-refractivity contribution in [3.63, 3.8) is 0 Å². The van der Waals surface area contributed by atoms with Crippen molar-refractivity contribution >= 4 is 22.9 Å². The highest BCUT2D eigenvalue weighted by molar-refractivity contribution is 7.12. The highest BCUT2D eigenvalue weighted by atomic mass is 35.5. The van der Waals surface area contributed by atoms with Crippen molar-refractivity contribution in [2.24, 2.45) is 17.8 Å². The molecule has 2 fully saturated rings. The summed E-state index contributed by atoms with van der Waals surface area (Å²) in [5.41, 5.74) is 1.40. The first-order chi connectivity index (χ1) is 8.13. The van der Waals surface area contributed by atoms with E-state index in [9.17, 15) is 0 Å². The van der Waals surface area contributed by atoms with E-state index in [1.165, 1.54) is 47.4 Å². The maximum Gasteiger partial charge on any atom is 0.0684 e. The summed E-state index contributed by atoms with van der Waals surface area (Å²) in [6.45, 7) is 4.39. The molecule has 1 aromatic rings. The molecule has 2 heteroatoms. The van der Waals surface area contributed by atoms with Crippen LogP contribution in [0.15, 0.2) is 6.07 Å². The SMILES string of the molecule is Cc1cc(C)c(C(Cl)CC2CC3CCC2C3)s1. The fourth-order valence-corrected chi connectivity index (χ4v) is 5.57. The molecule has 0 aromatic carbocycles. The van der Waals surface area contributed by atoms with Crippen LogP contribution in [0.4, 0.5) is 0 Å². The Morgan fingerprint density at radius 1 is 1.35 bits per heavy atom. The van der Waals surface area contributed by atoms with E-state index < -0.39 is 0 Å². The fourth-order valence-electron chi connectivity index (χ4n) is 4.01. The molecular formula is C15H21ClS. The molecule has 2 aliphatic carbocycles. The molecule has 3 rings (SSSR count). The van der Waals surface area contributed by atoms with Crippen molar-refractivity contribution in [3.05, 3.63) is 21.4 Å². The van der Waals surface area contributed by atoms with Crippen LogP contribution < -0.4 is 0 Å². The molecule has 4 atom stereocenters. The van der Waals surface area contributed by atoms with Crippen molar-refractivity contribution < 1.29 is 0 Å². The van der Waals surface area contributed by atoms with Gasteiger partial charge in [0, 0.05) is 9.75 Å². The van der Waals surface area contributed by atoms with E-state index in [1.54, 1.807) is 0 Å². The van der Waals surface area contributed by atoms with Crippen LogP contribution in [0.5, 0.6) is 0 Å². The third-order valence-corrected chi connectivity index (χ3v) is 6.55. The zero-order valence-corrected chi connectivity index (χ0v) is 12.3. The molecule has 0 amide bonds. The minimum Gasteiger partial charge on any atom is -0.144 e. The van der Waals surface area contributed by atoms with E-state index in [1.807, 2.05) is 11.3 Å². The van der Waals surface area contributed by atoms with E-state index in [0.29, 0.717) is 0 Å². The number of rotatable bonds is 3. The molecule has 2 bridgehead atoms. The molecule has 2 saturated carbocycles. The Morgan fingerprint density at radius 3 is 2.71 bits per heavy atom. The summed E-state index contributed by atoms with van der Waals surface area (Å²) in [6.07, 6.45) is 7.13. The van der Waals surface area contributed by atoms with Crippen LogP contribution in [0.1, 0.15) is 52.8 Å². The van der Waals surface area contributed by atoms with E-state index in [2.05, 4.69) is 19.9 Å². The average molecular weight is 269 g/mol. The van der Waals surface area contributed by atoms with Gasteiger partial charge in [0.1, 0.15) is 0 Å². The molecule has 17 heavy (non-hydrogen) atoms. The summed E-state index contributed by atoms with van der Waals surface area (Å²) >= 11 is 8.55. The maximum absolute atomic E-state index is 6.65. The lowest BCUT2D eigenvalue weighted by atomic mass is 9.85. The highest BCUT2D eigenvalue weighted by Crippen LogP contribution is 2.52. The number of hydrogen-bond acceptors (Lipinski definition) is 1. The lowest BCUT2D eigenvalue weighted by Crippen LogP contribution is -2.12. The Morgan fingerprint density at radius 2 is 2.18 bits per heavy atom. The first-order valence-corrected chi connectivity index (χ1v) is 8.09. The zero-order valence-electron chi connectivity index (χ0n) is 10.7. The number of thiophene rings is 1. The van der Waals surface area contributed by atoms with Gasteiger partial charge in [-0.25, -0.2) is 0 Å².